The van der Waals surface area contributed by atoms with Crippen LogP contribution in [-0.4, -0.2) is 47.4 Å². The molecule has 7 radical (unpaired) electrons. The van der Waals surface area contributed by atoms with Gasteiger partial charge in [0.05, 0.1) is 0 Å². The summed E-state index contributed by atoms with van der Waals surface area (Å²) in [6.45, 7) is 9.96. The Morgan fingerprint density at radius 1 is 0.714 bits per heavy atom. The van der Waals surface area contributed by atoms with Crippen LogP contribution >= 0.6 is 0 Å². The first kappa shape index (κ1) is 14.9. The monoisotopic (exact) mass is 279 g/mol. The second kappa shape index (κ2) is 9.17. The van der Waals surface area contributed by atoms with Gasteiger partial charge in [0.1, 0.15) is 0 Å². The predicted molar refractivity (Wildman–Crippen MR) is 62.4 cm³/mol. The van der Waals surface area contributed by atoms with Gasteiger partial charge in [-0.15, -0.1) is 0 Å². The van der Waals surface area contributed by atoms with Gasteiger partial charge in [-0.2, -0.15) is 0 Å². The molecule has 0 saturated heterocycles. The Kier molecular flexibility index (Phi) is 9.78. The van der Waals surface area contributed by atoms with Crippen LogP contribution in [0.1, 0.15) is 0 Å². The van der Waals surface area contributed by atoms with E-state index in [9.17, 15) is 0 Å². The van der Waals surface area contributed by atoms with E-state index in [1.807, 2.05) is 32.7 Å². The zero-order chi connectivity index (χ0) is 11.0. The van der Waals surface area contributed by atoms with E-state index in [0.717, 1.165) is 0 Å². The summed E-state index contributed by atoms with van der Waals surface area (Å²) in [5, 5.41) is 0. The predicted octanol–water partition coefficient (Wildman–Crippen LogP) is 0.741. The van der Waals surface area contributed by atoms with E-state index in [4.69, 9.17) is 16.5 Å². The standard InChI is InChI=1S/C5H15O4Si5/c1-10-6-12(3)8-14(5)9-13(4)7-11-2/h1-5H3. The van der Waals surface area contributed by atoms with Crippen molar-refractivity contribution in [3.8, 4) is 0 Å². The lowest BCUT2D eigenvalue weighted by Gasteiger charge is -2.17. The van der Waals surface area contributed by atoms with Gasteiger partial charge < -0.3 is 16.5 Å². The molecule has 0 heterocycles. The number of hydrogen-bond donors (Lipinski definition) is 0. The van der Waals surface area contributed by atoms with Gasteiger partial charge in [-0.1, -0.05) is 0 Å². The van der Waals surface area contributed by atoms with Gasteiger partial charge in [-0.05, 0) is 32.7 Å². The lowest BCUT2D eigenvalue weighted by atomic mass is 11.9. The van der Waals surface area contributed by atoms with Crippen LogP contribution in [0.5, 0.6) is 0 Å². The maximum absolute atomic E-state index is 5.62. The van der Waals surface area contributed by atoms with E-state index >= 15 is 0 Å². The van der Waals surface area contributed by atoms with Crippen molar-refractivity contribution in [1.29, 1.82) is 0 Å². The lowest BCUT2D eigenvalue weighted by molar-refractivity contribution is 0.359. The Bertz CT molecular complexity index is 125. The molecule has 0 rings (SSSR count). The van der Waals surface area contributed by atoms with Crippen LogP contribution in [-0.2, 0) is 16.5 Å². The second-order valence-electron chi connectivity index (χ2n) is 2.29. The van der Waals surface area contributed by atoms with Gasteiger partial charge in [-0.25, -0.2) is 0 Å². The van der Waals surface area contributed by atoms with Gasteiger partial charge in [0.15, 0.2) is 0 Å². The minimum absolute atomic E-state index is 0.493. The molecule has 0 amide bonds. The molecule has 0 aliphatic rings. The fourth-order valence-corrected chi connectivity index (χ4v) is 7.92. The molecule has 0 bridgehead atoms. The molecule has 4 nitrogen and oxygen atoms in total. The number of hydrogen-bond acceptors (Lipinski definition) is 4. The van der Waals surface area contributed by atoms with Crippen molar-refractivity contribution in [3.05, 3.63) is 0 Å². The molecule has 0 aliphatic heterocycles. The summed E-state index contributed by atoms with van der Waals surface area (Å²) >= 11 is 0. The molecular formula is C5H15O4Si5. The first-order chi connectivity index (χ1) is 6.60. The summed E-state index contributed by atoms with van der Waals surface area (Å²) in [5.41, 5.74) is 0. The maximum atomic E-state index is 5.62. The Hall–Kier alpha value is 0.924. The molecule has 0 aromatic heterocycles. The normalized spacial score (nSPS) is 12.0. The van der Waals surface area contributed by atoms with Gasteiger partial charge in [0.25, 0.3) is 0 Å². The average molecular weight is 280 g/mol. The third-order valence-corrected chi connectivity index (χ3v) is 9.60. The van der Waals surface area contributed by atoms with Crippen LogP contribution in [0.4, 0.5) is 0 Å². The molecule has 0 aliphatic carbocycles. The molecule has 0 N–H and O–H groups in total. The van der Waals surface area contributed by atoms with E-state index < -0.39 is 27.9 Å². The highest BCUT2D eigenvalue weighted by molar-refractivity contribution is 6.66. The molecule has 9 heteroatoms. The zero-order valence-corrected chi connectivity index (χ0v) is 14.1. The first-order valence-electron chi connectivity index (χ1n) is 4.13. The van der Waals surface area contributed by atoms with Crippen molar-refractivity contribution < 1.29 is 16.5 Å². The number of rotatable bonds is 8. The molecular weight excluding hydrogens is 264 g/mol. The minimum atomic E-state index is -1.18. The van der Waals surface area contributed by atoms with Crippen LogP contribution in [0.15, 0.2) is 0 Å². The van der Waals surface area contributed by atoms with Crippen LogP contribution in [0, 0.1) is 0 Å². The Morgan fingerprint density at radius 2 is 1.07 bits per heavy atom. The topological polar surface area (TPSA) is 36.9 Å². The highest BCUT2D eigenvalue weighted by Crippen LogP contribution is 1.98. The van der Waals surface area contributed by atoms with Gasteiger partial charge in [0.2, 0.25) is 19.5 Å². The summed E-state index contributed by atoms with van der Waals surface area (Å²) in [6.07, 6.45) is 0. The highest BCUT2D eigenvalue weighted by atomic mass is 28.4. The fraction of sp³-hybridized carbons (Fsp3) is 1.00. The summed E-state index contributed by atoms with van der Waals surface area (Å²) in [7, 11) is -2.40. The van der Waals surface area contributed by atoms with Gasteiger partial charge in [-0.3, -0.25) is 0 Å². The molecule has 0 aromatic rings. The third-order valence-electron chi connectivity index (χ3n) is 1.07. The van der Waals surface area contributed by atoms with E-state index in [2.05, 4.69) is 0 Å². The molecule has 0 atom stereocenters. The van der Waals surface area contributed by atoms with Crippen molar-refractivity contribution >= 4 is 47.4 Å². The molecule has 14 heavy (non-hydrogen) atoms. The maximum Gasteiger partial charge on any atom is 0.362 e. The van der Waals surface area contributed by atoms with Gasteiger partial charge >= 0.3 is 27.9 Å². The van der Waals surface area contributed by atoms with Crippen LogP contribution < -0.4 is 0 Å². The summed E-state index contributed by atoms with van der Waals surface area (Å²) in [5.74, 6) is 0. The molecule has 0 fully saturated rings. The van der Waals surface area contributed by atoms with Crippen molar-refractivity contribution in [2.24, 2.45) is 0 Å². The lowest BCUT2D eigenvalue weighted by Crippen LogP contribution is -2.35. The van der Waals surface area contributed by atoms with Crippen molar-refractivity contribution in [2.45, 2.75) is 32.7 Å². The zero-order valence-electron chi connectivity index (χ0n) is 9.13. The Morgan fingerprint density at radius 3 is 1.36 bits per heavy atom. The largest absolute Gasteiger partial charge is 0.436 e. The van der Waals surface area contributed by atoms with E-state index in [1.54, 1.807) is 0 Å². The minimum Gasteiger partial charge on any atom is -0.436 e. The Balaban J connectivity index is 3.57. The first-order valence-corrected chi connectivity index (χ1v) is 12.4. The fourth-order valence-electron chi connectivity index (χ4n) is 0.755. The third kappa shape index (κ3) is 8.25. The van der Waals surface area contributed by atoms with Crippen LogP contribution in [0.3, 0.4) is 0 Å². The summed E-state index contributed by atoms with van der Waals surface area (Å²) < 4.78 is 22.0. The molecule has 0 unspecified atom stereocenters. The van der Waals surface area contributed by atoms with Crippen molar-refractivity contribution in [1.82, 2.24) is 0 Å². The van der Waals surface area contributed by atoms with Crippen molar-refractivity contribution in [3.63, 3.8) is 0 Å². The molecule has 0 spiro atoms. The van der Waals surface area contributed by atoms with Crippen LogP contribution in [0.25, 0.3) is 0 Å². The quantitative estimate of drug-likeness (QED) is 0.614. The molecule has 0 aromatic carbocycles. The summed E-state index contributed by atoms with van der Waals surface area (Å²) in [6, 6.07) is 0. The van der Waals surface area contributed by atoms with Crippen LogP contribution in [0.2, 0.25) is 32.7 Å². The SMILES string of the molecule is C[Si]O[Si](C)O[Si](C)O[Si](C)O[Si]C. The second-order valence-corrected chi connectivity index (χ2v) is 9.32. The highest BCUT2D eigenvalue weighted by Gasteiger charge is 2.20. The van der Waals surface area contributed by atoms with E-state index in [-0.39, 0.29) is 0 Å². The Labute approximate surface area is 96.7 Å². The summed E-state index contributed by atoms with van der Waals surface area (Å²) in [4.78, 5) is 0. The smallest absolute Gasteiger partial charge is 0.362 e. The van der Waals surface area contributed by atoms with E-state index in [0.29, 0.717) is 19.5 Å². The van der Waals surface area contributed by atoms with Crippen molar-refractivity contribution in [2.75, 3.05) is 0 Å². The molecule has 79 valence electrons. The average Bonchev–Trinajstić information content (AvgIpc) is 2.03. The molecule has 0 saturated carbocycles. The van der Waals surface area contributed by atoms with E-state index in [1.165, 1.54) is 0 Å². The van der Waals surface area contributed by atoms with Gasteiger partial charge in [0, 0.05) is 0 Å².